The Kier molecular flexibility index (Phi) is 3.80. The standard InChI is InChI=1S/C20H14N4O3S/c1-2-14-22-23-20(28-14)24-16(11-6-5-9-21-10-11)15-17(25)12-7-3-4-8-13(12)27-18(15)19(24)26/h3-10,16H,2H2,1H3. The number of benzene rings is 1. The summed E-state index contributed by atoms with van der Waals surface area (Å²) in [6, 6.07) is 9.89. The summed E-state index contributed by atoms with van der Waals surface area (Å²) in [7, 11) is 0. The van der Waals surface area contributed by atoms with Gasteiger partial charge in [-0.3, -0.25) is 19.5 Å². The minimum Gasteiger partial charge on any atom is -0.450 e. The van der Waals surface area contributed by atoms with Gasteiger partial charge < -0.3 is 4.42 Å². The molecule has 8 heteroatoms. The van der Waals surface area contributed by atoms with Gasteiger partial charge >= 0.3 is 0 Å². The second kappa shape index (κ2) is 6.35. The molecule has 5 rings (SSSR count). The molecule has 0 bridgehead atoms. The van der Waals surface area contributed by atoms with Crippen LogP contribution in [0.4, 0.5) is 5.13 Å². The van der Waals surface area contributed by atoms with Crippen LogP contribution in [0.5, 0.6) is 0 Å². The Balaban J connectivity index is 1.80. The largest absolute Gasteiger partial charge is 0.450 e. The predicted octanol–water partition coefficient (Wildman–Crippen LogP) is 3.35. The molecule has 0 saturated heterocycles. The number of carbonyl (C=O) groups excluding carboxylic acids is 1. The fraction of sp³-hybridized carbons (Fsp3) is 0.150. The highest BCUT2D eigenvalue weighted by molar-refractivity contribution is 7.15. The molecule has 0 N–H and O–H groups in total. The van der Waals surface area contributed by atoms with Crippen LogP contribution in [-0.2, 0) is 6.42 Å². The van der Waals surface area contributed by atoms with Crippen LogP contribution in [0.2, 0.25) is 0 Å². The molecule has 0 radical (unpaired) electrons. The monoisotopic (exact) mass is 390 g/mol. The van der Waals surface area contributed by atoms with Crippen molar-refractivity contribution in [1.82, 2.24) is 15.2 Å². The van der Waals surface area contributed by atoms with E-state index in [9.17, 15) is 9.59 Å². The van der Waals surface area contributed by atoms with Gasteiger partial charge in [-0.05, 0) is 30.2 Å². The molecule has 1 amide bonds. The summed E-state index contributed by atoms with van der Waals surface area (Å²) >= 11 is 1.33. The second-order valence-corrected chi connectivity index (χ2v) is 7.41. The number of rotatable bonds is 3. The average molecular weight is 390 g/mol. The first-order chi connectivity index (χ1) is 13.7. The number of para-hydroxylation sites is 1. The molecule has 1 aliphatic heterocycles. The van der Waals surface area contributed by atoms with E-state index in [1.807, 2.05) is 13.0 Å². The number of anilines is 1. The van der Waals surface area contributed by atoms with Gasteiger partial charge in [-0.2, -0.15) is 0 Å². The topological polar surface area (TPSA) is 89.2 Å². The number of fused-ring (bicyclic) bond motifs is 2. The van der Waals surface area contributed by atoms with Gasteiger partial charge in [0.25, 0.3) is 5.91 Å². The van der Waals surface area contributed by atoms with Crippen molar-refractivity contribution in [2.24, 2.45) is 0 Å². The lowest BCUT2D eigenvalue weighted by Crippen LogP contribution is -2.29. The van der Waals surface area contributed by atoms with E-state index in [2.05, 4.69) is 15.2 Å². The van der Waals surface area contributed by atoms with Gasteiger partial charge in [-0.15, -0.1) is 10.2 Å². The zero-order valence-electron chi connectivity index (χ0n) is 14.8. The summed E-state index contributed by atoms with van der Waals surface area (Å²) in [4.78, 5) is 32.2. The summed E-state index contributed by atoms with van der Waals surface area (Å²) in [5.41, 5.74) is 1.19. The van der Waals surface area contributed by atoms with Crippen LogP contribution < -0.4 is 10.3 Å². The van der Waals surface area contributed by atoms with Crippen LogP contribution in [-0.4, -0.2) is 21.1 Å². The zero-order valence-corrected chi connectivity index (χ0v) is 15.6. The maximum Gasteiger partial charge on any atom is 0.297 e. The minimum absolute atomic E-state index is 0.0470. The highest BCUT2D eigenvalue weighted by atomic mass is 32.1. The molecular weight excluding hydrogens is 376 g/mol. The Labute approximate surface area is 163 Å². The van der Waals surface area contributed by atoms with Crippen LogP contribution in [0, 0.1) is 0 Å². The quantitative estimate of drug-likeness (QED) is 0.533. The van der Waals surface area contributed by atoms with Crippen molar-refractivity contribution < 1.29 is 9.21 Å². The van der Waals surface area contributed by atoms with Gasteiger partial charge in [-0.25, -0.2) is 0 Å². The SMILES string of the molecule is CCc1nnc(N2C(=O)c3oc4ccccc4c(=O)c3C2c2cccnc2)s1. The first-order valence-corrected chi connectivity index (χ1v) is 9.62. The molecule has 138 valence electrons. The lowest BCUT2D eigenvalue weighted by atomic mass is 10.0. The third-order valence-corrected chi connectivity index (χ3v) is 5.81. The van der Waals surface area contributed by atoms with Gasteiger partial charge in [0.05, 0.1) is 17.0 Å². The molecule has 0 saturated carbocycles. The molecule has 1 atom stereocenters. The third-order valence-electron chi connectivity index (χ3n) is 4.74. The van der Waals surface area contributed by atoms with Gasteiger partial charge in [0, 0.05) is 12.4 Å². The molecule has 28 heavy (non-hydrogen) atoms. The molecule has 1 aliphatic rings. The number of aromatic nitrogens is 3. The number of hydrogen-bond acceptors (Lipinski definition) is 7. The summed E-state index contributed by atoms with van der Waals surface area (Å²) in [6.07, 6.45) is 4.01. The van der Waals surface area contributed by atoms with E-state index in [4.69, 9.17) is 4.42 Å². The summed E-state index contributed by atoms with van der Waals surface area (Å²) in [6.45, 7) is 1.97. The molecule has 0 spiro atoms. The normalized spacial score (nSPS) is 16.0. The first-order valence-electron chi connectivity index (χ1n) is 8.80. The van der Waals surface area contributed by atoms with Gasteiger partial charge in [-0.1, -0.05) is 36.5 Å². The van der Waals surface area contributed by atoms with E-state index in [-0.39, 0.29) is 11.2 Å². The molecule has 7 nitrogen and oxygen atoms in total. The lowest BCUT2D eigenvalue weighted by Gasteiger charge is -2.21. The smallest absolute Gasteiger partial charge is 0.297 e. The Morgan fingerprint density at radius 2 is 2.00 bits per heavy atom. The Morgan fingerprint density at radius 1 is 1.14 bits per heavy atom. The van der Waals surface area contributed by atoms with Crippen LogP contribution in [0.15, 0.2) is 58.0 Å². The van der Waals surface area contributed by atoms with Crippen molar-refractivity contribution in [2.75, 3.05) is 4.90 Å². The van der Waals surface area contributed by atoms with Gasteiger partial charge in [0.1, 0.15) is 10.6 Å². The van der Waals surface area contributed by atoms with Crippen molar-refractivity contribution in [3.63, 3.8) is 0 Å². The zero-order chi connectivity index (χ0) is 19.3. The van der Waals surface area contributed by atoms with E-state index < -0.39 is 11.9 Å². The Hall–Kier alpha value is -3.39. The van der Waals surface area contributed by atoms with Crippen LogP contribution in [0.1, 0.15) is 39.7 Å². The van der Waals surface area contributed by atoms with Crippen LogP contribution in [0.25, 0.3) is 11.0 Å². The van der Waals surface area contributed by atoms with Crippen molar-refractivity contribution in [3.05, 3.63) is 80.9 Å². The predicted molar refractivity (Wildman–Crippen MR) is 105 cm³/mol. The number of nitrogens with zero attached hydrogens (tertiary/aromatic N) is 4. The van der Waals surface area contributed by atoms with Crippen molar-refractivity contribution >= 4 is 33.3 Å². The molecule has 1 aromatic carbocycles. The van der Waals surface area contributed by atoms with E-state index in [0.29, 0.717) is 33.6 Å². The number of amides is 1. The molecule has 4 heterocycles. The van der Waals surface area contributed by atoms with E-state index in [1.54, 1.807) is 42.7 Å². The van der Waals surface area contributed by atoms with E-state index >= 15 is 0 Å². The maximum absolute atomic E-state index is 13.3. The third kappa shape index (κ3) is 2.38. The fourth-order valence-electron chi connectivity index (χ4n) is 3.46. The number of aryl methyl sites for hydroxylation is 1. The van der Waals surface area contributed by atoms with E-state index in [0.717, 1.165) is 5.01 Å². The van der Waals surface area contributed by atoms with E-state index in [1.165, 1.54) is 16.2 Å². The molecular formula is C20H14N4O3S. The number of pyridine rings is 1. The Bertz CT molecular complexity index is 1270. The second-order valence-electron chi connectivity index (χ2n) is 6.37. The molecule has 1 unspecified atom stereocenters. The minimum atomic E-state index is -0.658. The number of carbonyl (C=O) groups is 1. The highest BCUT2D eigenvalue weighted by Crippen LogP contribution is 2.41. The average Bonchev–Trinajstić information content (AvgIpc) is 3.32. The summed E-state index contributed by atoms with van der Waals surface area (Å²) in [5.74, 6) is -0.351. The number of hydrogen-bond donors (Lipinski definition) is 0. The van der Waals surface area contributed by atoms with Crippen LogP contribution >= 0.6 is 11.3 Å². The Morgan fingerprint density at radius 3 is 2.75 bits per heavy atom. The van der Waals surface area contributed by atoms with Crippen LogP contribution in [0.3, 0.4) is 0 Å². The van der Waals surface area contributed by atoms with Crippen molar-refractivity contribution in [1.29, 1.82) is 0 Å². The molecule has 0 aliphatic carbocycles. The first kappa shape index (κ1) is 16.8. The summed E-state index contributed by atoms with van der Waals surface area (Å²) < 4.78 is 5.88. The molecule has 0 fully saturated rings. The maximum atomic E-state index is 13.3. The molecule has 3 aromatic heterocycles. The van der Waals surface area contributed by atoms with Gasteiger partial charge in [0.15, 0.2) is 5.43 Å². The summed E-state index contributed by atoms with van der Waals surface area (Å²) in [5, 5.41) is 10.0. The lowest BCUT2D eigenvalue weighted by molar-refractivity contribution is 0.0970. The fourth-order valence-corrected chi connectivity index (χ4v) is 4.26. The van der Waals surface area contributed by atoms with Gasteiger partial charge in [0.2, 0.25) is 10.9 Å². The molecule has 4 aromatic rings. The van der Waals surface area contributed by atoms with Crippen molar-refractivity contribution in [2.45, 2.75) is 19.4 Å². The highest BCUT2D eigenvalue weighted by Gasteiger charge is 2.45. The van der Waals surface area contributed by atoms with Crippen molar-refractivity contribution in [3.8, 4) is 0 Å².